The Morgan fingerprint density at radius 2 is 1.85 bits per heavy atom. The molecule has 1 amide bonds. The summed E-state index contributed by atoms with van der Waals surface area (Å²) in [6, 6.07) is 11.1. The van der Waals surface area contributed by atoms with Gasteiger partial charge in [-0.05, 0) is 72.9 Å². The van der Waals surface area contributed by atoms with E-state index in [1.165, 1.54) is 50.3 Å². The van der Waals surface area contributed by atoms with E-state index in [9.17, 15) is 14.7 Å². The molecule has 0 aromatic heterocycles. The number of hydrogen-bond donors (Lipinski definition) is 2. The molecule has 0 bridgehead atoms. The van der Waals surface area contributed by atoms with E-state index < -0.39 is 17.9 Å². The zero-order chi connectivity index (χ0) is 27.5. The first-order valence-corrected chi connectivity index (χ1v) is 15.3. The van der Waals surface area contributed by atoms with Crippen LogP contribution in [0, 0.1) is 12.8 Å². The van der Waals surface area contributed by atoms with Crippen LogP contribution in [0.4, 0.5) is 0 Å². The molecule has 2 N–H and O–H groups in total. The van der Waals surface area contributed by atoms with Crippen molar-refractivity contribution in [3.05, 3.63) is 53.1 Å². The minimum absolute atomic E-state index is 0. The zero-order valence-corrected chi connectivity index (χ0v) is 25.1. The quantitative estimate of drug-likeness (QED) is 0.353. The van der Waals surface area contributed by atoms with Gasteiger partial charge in [-0.25, -0.2) is 0 Å². The molecular formula is C31H43LiN2O4S. The number of methoxy groups -OCH3 is 1. The molecule has 1 fully saturated rings. The molecular weight excluding hydrogens is 503 g/mol. The summed E-state index contributed by atoms with van der Waals surface area (Å²) >= 11 is 1.53. The van der Waals surface area contributed by atoms with Crippen molar-refractivity contribution >= 4 is 23.6 Å². The van der Waals surface area contributed by atoms with Crippen LogP contribution in [-0.4, -0.2) is 43.1 Å². The molecule has 0 unspecified atom stereocenters. The third-order valence-corrected chi connectivity index (χ3v) is 8.36. The van der Waals surface area contributed by atoms with Crippen molar-refractivity contribution in [2.45, 2.75) is 83.8 Å². The Hall–Kier alpha value is -1.91. The summed E-state index contributed by atoms with van der Waals surface area (Å²) in [5, 5.41) is 18.1. The minimum Gasteiger partial charge on any atom is -0.548 e. The number of benzene rings is 2. The summed E-state index contributed by atoms with van der Waals surface area (Å²) in [7, 11) is 1.61. The molecule has 6 nitrogen and oxygen atoms in total. The van der Waals surface area contributed by atoms with Gasteiger partial charge in [0.15, 0.2) is 0 Å². The molecule has 1 aliphatic rings. The largest absolute Gasteiger partial charge is 1.00 e. The molecule has 1 saturated carbocycles. The fraction of sp³-hybridized carbons (Fsp3) is 0.548. The van der Waals surface area contributed by atoms with E-state index in [2.05, 4.69) is 17.6 Å². The summed E-state index contributed by atoms with van der Waals surface area (Å²) in [6.07, 6.45) is 11.1. The van der Waals surface area contributed by atoms with Gasteiger partial charge in [-0.15, -0.1) is 0 Å². The van der Waals surface area contributed by atoms with Crippen molar-refractivity contribution in [2.75, 3.05) is 19.1 Å². The normalized spacial score (nSPS) is 15.2. The van der Waals surface area contributed by atoms with Gasteiger partial charge >= 0.3 is 18.9 Å². The third-order valence-electron chi connectivity index (χ3n) is 7.72. The molecule has 0 heterocycles. The molecule has 2 aromatic carbocycles. The van der Waals surface area contributed by atoms with Crippen molar-refractivity contribution in [1.29, 1.82) is 0 Å². The van der Waals surface area contributed by atoms with Gasteiger partial charge in [0.05, 0.1) is 24.7 Å². The van der Waals surface area contributed by atoms with Crippen molar-refractivity contribution < 1.29 is 38.3 Å². The first-order valence-electron chi connectivity index (χ1n) is 13.9. The van der Waals surface area contributed by atoms with Crippen molar-refractivity contribution in [3.63, 3.8) is 0 Å². The van der Waals surface area contributed by atoms with E-state index in [-0.39, 0.29) is 18.9 Å². The molecule has 0 saturated heterocycles. The van der Waals surface area contributed by atoms with Gasteiger partial charge in [-0.1, -0.05) is 63.3 Å². The van der Waals surface area contributed by atoms with Crippen molar-refractivity contribution in [1.82, 2.24) is 10.6 Å². The number of thioether (sulfide) groups is 1. The molecule has 39 heavy (non-hydrogen) atoms. The third kappa shape index (κ3) is 9.60. The second-order valence-electron chi connectivity index (χ2n) is 10.4. The van der Waals surface area contributed by atoms with E-state index in [0.717, 1.165) is 34.6 Å². The Labute approximate surface area is 250 Å². The Kier molecular flexibility index (Phi) is 14.5. The first kappa shape index (κ1) is 33.3. The minimum atomic E-state index is -1.28. The van der Waals surface area contributed by atoms with Gasteiger partial charge < -0.3 is 25.3 Å². The van der Waals surface area contributed by atoms with Crippen LogP contribution in [0.25, 0.3) is 11.1 Å². The van der Waals surface area contributed by atoms with Crippen LogP contribution >= 0.6 is 11.8 Å². The molecule has 0 radical (unpaired) electrons. The molecule has 2 atom stereocenters. The molecule has 208 valence electrons. The number of carbonyl (C=O) groups excluding carboxylic acids is 2. The number of amides is 1. The first-order chi connectivity index (χ1) is 18.4. The molecule has 3 rings (SSSR count). The van der Waals surface area contributed by atoms with E-state index in [1.807, 2.05) is 43.5 Å². The number of hydrogen-bond acceptors (Lipinski definition) is 6. The maximum atomic E-state index is 13.5. The number of carboxylic acids is 1. The van der Waals surface area contributed by atoms with E-state index in [0.29, 0.717) is 36.1 Å². The van der Waals surface area contributed by atoms with Gasteiger partial charge in [0.2, 0.25) is 0 Å². The number of aliphatic carboxylic acids is 1. The fourth-order valence-electron chi connectivity index (χ4n) is 5.43. The molecule has 2 aromatic rings. The smallest absolute Gasteiger partial charge is 0.548 e. The number of carbonyl (C=O) groups is 2. The molecule has 1 aliphatic carbocycles. The number of nitrogens with one attached hydrogen (secondary N) is 2. The van der Waals surface area contributed by atoms with Crippen LogP contribution in [-0.2, 0) is 11.3 Å². The number of rotatable bonds is 14. The zero-order valence-electron chi connectivity index (χ0n) is 24.3. The Morgan fingerprint density at radius 1 is 1.13 bits per heavy atom. The van der Waals surface area contributed by atoms with Crippen LogP contribution in [0.2, 0.25) is 0 Å². The maximum absolute atomic E-state index is 13.5. The van der Waals surface area contributed by atoms with E-state index >= 15 is 0 Å². The van der Waals surface area contributed by atoms with Gasteiger partial charge in [0.25, 0.3) is 5.91 Å². The van der Waals surface area contributed by atoms with Crippen molar-refractivity contribution in [2.24, 2.45) is 5.92 Å². The fourth-order valence-corrected chi connectivity index (χ4v) is 5.90. The monoisotopic (exact) mass is 546 g/mol. The van der Waals surface area contributed by atoms with Crippen LogP contribution in [0.5, 0.6) is 5.75 Å². The number of carboxylic acid groups (broad SMARTS) is 1. The summed E-state index contributed by atoms with van der Waals surface area (Å²) in [5.41, 5.74) is 4.10. The van der Waals surface area contributed by atoms with Crippen LogP contribution in [0.3, 0.4) is 0 Å². The average Bonchev–Trinajstić information content (AvgIpc) is 2.93. The standard InChI is InChI=1S/C31H44N2O4S.Li/c1-5-24(17-22-12-7-6-8-13-22)32-20-23-18-26(25-14-10-9-11-21(25)2)27(19-29(23)37-3)30(34)33-28(31(35)36)15-16-38-4;/h9-11,14,18-19,22,24,28,32H,5-8,12-13,15-17,20H2,1-4H3,(H,33,34)(H,35,36);/q;+1/p-1/t24-,28+;/m1./s1. The number of ether oxygens (including phenoxy) is 1. The SMILES string of the molecule is CC[C@H](CC1CCCCC1)NCc1cc(-c2ccccc2C)c(C(=O)N[C@@H](CCSC)C(=O)[O-])cc1OC.[Li+]. The Morgan fingerprint density at radius 3 is 2.46 bits per heavy atom. The Bertz CT molecular complexity index is 1070. The Balaban J connectivity index is 0.00000533. The van der Waals surface area contributed by atoms with Gasteiger partial charge in [0, 0.05) is 18.2 Å². The van der Waals surface area contributed by atoms with Crippen molar-refractivity contribution in [3.8, 4) is 16.9 Å². The molecule has 0 aliphatic heterocycles. The topological polar surface area (TPSA) is 90.5 Å². The second-order valence-corrected chi connectivity index (χ2v) is 11.4. The van der Waals surface area contributed by atoms with E-state index in [4.69, 9.17) is 4.74 Å². The van der Waals surface area contributed by atoms with Gasteiger partial charge in [-0.2, -0.15) is 11.8 Å². The van der Waals surface area contributed by atoms with Crippen LogP contribution in [0.1, 0.15) is 79.8 Å². The summed E-state index contributed by atoms with van der Waals surface area (Å²) < 4.78 is 5.74. The van der Waals surface area contributed by atoms with Gasteiger partial charge in [-0.3, -0.25) is 4.79 Å². The van der Waals surface area contributed by atoms with E-state index in [1.54, 1.807) is 13.2 Å². The molecule has 0 spiro atoms. The summed E-state index contributed by atoms with van der Waals surface area (Å²) in [6.45, 7) is 4.87. The van der Waals surface area contributed by atoms with Crippen LogP contribution in [0.15, 0.2) is 36.4 Å². The number of aryl methyl sites for hydroxylation is 1. The van der Waals surface area contributed by atoms with Crippen LogP contribution < -0.4 is 39.3 Å². The maximum Gasteiger partial charge on any atom is 1.00 e. The summed E-state index contributed by atoms with van der Waals surface area (Å²) in [5.74, 6) is 0.291. The summed E-state index contributed by atoms with van der Waals surface area (Å²) in [4.78, 5) is 25.2. The molecule has 8 heteroatoms. The van der Waals surface area contributed by atoms with Gasteiger partial charge in [0.1, 0.15) is 5.75 Å². The predicted octanol–water partition coefficient (Wildman–Crippen LogP) is 2.11. The second kappa shape index (κ2) is 17.0. The average molecular weight is 547 g/mol. The predicted molar refractivity (Wildman–Crippen MR) is 155 cm³/mol.